The molecule has 1 aromatic rings. The van der Waals surface area contributed by atoms with Gasteiger partial charge in [-0.3, -0.25) is 0 Å². The Morgan fingerprint density at radius 2 is 2.29 bits per heavy atom. The summed E-state index contributed by atoms with van der Waals surface area (Å²) in [5.74, 6) is 2.17. The molecule has 1 aliphatic rings. The van der Waals surface area contributed by atoms with Gasteiger partial charge in [-0.2, -0.15) is 11.8 Å². The Morgan fingerprint density at radius 1 is 1.47 bits per heavy atom. The fraction of sp³-hybridized carbons (Fsp3) is 0.571. The van der Waals surface area contributed by atoms with E-state index >= 15 is 0 Å². The maximum atomic E-state index is 5.26. The van der Waals surface area contributed by atoms with Gasteiger partial charge >= 0.3 is 0 Å². The average molecular weight is 251 g/mol. The van der Waals surface area contributed by atoms with Gasteiger partial charge in [-0.25, -0.2) is 0 Å². The molecule has 94 valence electrons. The molecule has 3 atom stereocenters. The van der Waals surface area contributed by atoms with Gasteiger partial charge in [0.2, 0.25) is 0 Å². The van der Waals surface area contributed by atoms with E-state index in [1.54, 1.807) is 7.11 Å². The van der Waals surface area contributed by atoms with Crippen molar-refractivity contribution >= 4 is 11.8 Å². The summed E-state index contributed by atoms with van der Waals surface area (Å²) < 4.78 is 5.26. The van der Waals surface area contributed by atoms with Crippen molar-refractivity contribution in [2.45, 2.75) is 37.6 Å². The van der Waals surface area contributed by atoms with Crippen LogP contribution in [0.2, 0.25) is 0 Å². The highest BCUT2D eigenvalue weighted by Crippen LogP contribution is 2.28. The molecule has 2 unspecified atom stereocenters. The summed E-state index contributed by atoms with van der Waals surface area (Å²) in [6.07, 6.45) is 1.28. The van der Waals surface area contributed by atoms with Gasteiger partial charge in [0.15, 0.2) is 0 Å². The van der Waals surface area contributed by atoms with Crippen LogP contribution in [0.25, 0.3) is 0 Å². The average Bonchev–Trinajstić information content (AvgIpc) is 2.75. The van der Waals surface area contributed by atoms with Crippen LogP contribution in [0.15, 0.2) is 24.3 Å². The first-order valence-electron chi connectivity index (χ1n) is 6.20. The summed E-state index contributed by atoms with van der Waals surface area (Å²) in [6, 6.07) is 9.36. The van der Waals surface area contributed by atoms with E-state index in [4.69, 9.17) is 4.74 Å². The van der Waals surface area contributed by atoms with E-state index in [0.29, 0.717) is 12.1 Å². The number of ether oxygens (including phenoxy) is 1. The Morgan fingerprint density at radius 3 is 2.94 bits per heavy atom. The SMILES string of the molecule is COc1cccc([C@H](C)NC2CSC(C)C2)c1. The summed E-state index contributed by atoms with van der Waals surface area (Å²) in [5.41, 5.74) is 1.30. The smallest absolute Gasteiger partial charge is 0.119 e. The van der Waals surface area contributed by atoms with Gasteiger partial charge in [0.1, 0.15) is 5.75 Å². The van der Waals surface area contributed by atoms with Gasteiger partial charge in [-0.15, -0.1) is 0 Å². The predicted octanol–water partition coefficient (Wildman–Crippen LogP) is 3.24. The summed E-state index contributed by atoms with van der Waals surface area (Å²) in [5, 5.41) is 4.50. The summed E-state index contributed by atoms with van der Waals surface area (Å²) in [6.45, 7) is 4.53. The van der Waals surface area contributed by atoms with E-state index < -0.39 is 0 Å². The van der Waals surface area contributed by atoms with E-state index in [0.717, 1.165) is 11.0 Å². The van der Waals surface area contributed by atoms with Gasteiger partial charge < -0.3 is 10.1 Å². The minimum atomic E-state index is 0.390. The van der Waals surface area contributed by atoms with Crippen LogP contribution < -0.4 is 10.1 Å². The quantitative estimate of drug-likeness (QED) is 0.887. The van der Waals surface area contributed by atoms with E-state index in [2.05, 4.69) is 49.1 Å². The topological polar surface area (TPSA) is 21.3 Å². The van der Waals surface area contributed by atoms with E-state index in [1.807, 2.05) is 6.07 Å². The minimum Gasteiger partial charge on any atom is -0.497 e. The highest BCUT2D eigenvalue weighted by atomic mass is 32.2. The van der Waals surface area contributed by atoms with Crippen LogP contribution in [0.4, 0.5) is 0 Å². The molecule has 0 spiro atoms. The Hall–Kier alpha value is -0.670. The van der Waals surface area contributed by atoms with Crippen LogP contribution in [-0.2, 0) is 0 Å². The lowest BCUT2D eigenvalue weighted by molar-refractivity contribution is 0.412. The third-order valence-corrected chi connectivity index (χ3v) is 4.63. The minimum absolute atomic E-state index is 0.390. The van der Waals surface area contributed by atoms with Crippen LogP contribution >= 0.6 is 11.8 Å². The van der Waals surface area contributed by atoms with Gasteiger partial charge in [0, 0.05) is 23.1 Å². The molecule has 0 amide bonds. The van der Waals surface area contributed by atoms with Crippen LogP contribution in [0.1, 0.15) is 31.9 Å². The molecule has 1 fully saturated rings. The molecule has 1 aliphatic heterocycles. The summed E-state index contributed by atoms with van der Waals surface area (Å²) in [7, 11) is 1.71. The molecule has 1 heterocycles. The number of rotatable bonds is 4. The number of thioether (sulfide) groups is 1. The van der Waals surface area contributed by atoms with E-state index in [9.17, 15) is 0 Å². The third kappa shape index (κ3) is 3.39. The van der Waals surface area contributed by atoms with Gasteiger partial charge in [0.25, 0.3) is 0 Å². The number of methoxy groups -OCH3 is 1. The highest BCUT2D eigenvalue weighted by Gasteiger charge is 2.23. The Labute approximate surface area is 108 Å². The van der Waals surface area contributed by atoms with Crippen molar-refractivity contribution in [3.05, 3.63) is 29.8 Å². The second-order valence-electron chi connectivity index (χ2n) is 4.74. The molecule has 2 nitrogen and oxygen atoms in total. The first-order valence-corrected chi connectivity index (χ1v) is 7.25. The number of hydrogen-bond acceptors (Lipinski definition) is 3. The van der Waals surface area contributed by atoms with E-state index in [1.165, 1.54) is 17.7 Å². The molecule has 3 heteroatoms. The molecule has 0 radical (unpaired) electrons. The zero-order valence-electron chi connectivity index (χ0n) is 10.8. The molecular weight excluding hydrogens is 230 g/mol. The molecule has 1 N–H and O–H groups in total. The molecule has 2 rings (SSSR count). The van der Waals surface area contributed by atoms with Crippen molar-refractivity contribution in [2.75, 3.05) is 12.9 Å². The highest BCUT2D eigenvalue weighted by molar-refractivity contribution is 8.00. The number of hydrogen-bond donors (Lipinski definition) is 1. The van der Waals surface area contributed by atoms with Crippen molar-refractivity contribution in [1.82, 2.24) is 5.32 Å². The van der Waals surface area contributed by atoms with Crippen molar-refractivity contribution in [3.8, 4) is 5.75 Å². The lowest BCUT2D eigenvalue weighted by Gasteiger charge is -2.19. The first kappa shape index (κ1) is 12.8. The zero-order chi connectivity index (χ0) is 12.3. The molecule has 0 saturated carbocycles. The van der Waals surface area contributed by atoms with Crippen LogP contribution in [0.5, 0.6) is 5.75 Å². The predicted molar refractivity (Wildman–Crippen MR) is 74.9 cm³/mol. The van der Waals surface area contributed by atoms with Crippen molar-refractivity contribution in [3.63, 3.8) is 0 Å². The molecular formula is C14H21NOS. The molecule has 0 aromatic heterocycles. The fourth-order valence-corrected chi connectivity index (χ4v) is 3.46. The molecule has 1 aromatic carbocycles. The van der Waals surface area contributed by atoms with Crippen molar-refractivity contribution in [2.24, 2.45) is 0 Å². The van der Waals surface area contributed by atoms with Crippen LogP contribution in [0.3, 0.4) is 0 Å². The second kappa shape index (κ2) is 5.78. The van der Waals surface area contributed by atoms with Crippen LogP contribution in [0, 0.1) is 0 Å². The Kier molecular flexibility index (Phi) is 4.35. The standard InChI is InChI=1S/C14H21NOS/c1-10-7-13(9-17-10)15-11(2)12-5-4-6-14(8-12)16-3/h4-6,8,10-11,13,15H,7,9H2,1-3H3/t10?,11-,13?/m0/s1. The monoisotopic (exact) mass is 251 g/mol. The van der Waals surface area contributed by atoms with Crippen LogP contribution in [-0.4, -0.2) is 24.2 Å². The molecule has 17 heavy (non-hydrogen) atoms. The lowest BCUT2D eigenvalue weighted by Crippen LogP contribution is -2.31. The zero-order valence-corrected chi connectivity index (χ0v) is 11.6. The third-order valence-electron chi connectivity index (χ3n) is 3.28. The lowest BCUT2D eigenvalue weighted by atomic mass is 10.1. The maximum absolute atomic E-state index is 5.26. The summed E-state index contributed by atoms with van der Waals surface area (Å²) >= 11 is 2.06. The number of benzene rings is 1. The van der Waals surface area contributed by atoms with Crippen molar-refractivity contribution < 1.29 is 4.74 Å². The number of nitrogens with one attached hydrogen (secondary N) is 1. The van der Waals surface area contributed by atoms with Gasteiger partial charge in [-0.1, -0.05) is 19.1 Å². The molecule has 0 aliphatic carbocycles. The maximum Gasteiger partial charge on any atom is 0.119 e. The Bertz CT molecular complexity index is 369. The molecule has 1 saturated heterocycles. The van der Waals surface area contributed by atoms with Gasteiger partial charge in [0.05, 0.1) is 7.11 Å². The largest absolute Gasteiger partial charge is 0.497 e. The second-order valence-corrected chi connectivity index (χ2v) is 6.21. The summed E-state index contributed by atoms with van der Waals surface area (Å²) in [4.78, 5) is 0. The normalized spacial score (nSPS) is 25.8. The Balaban J connectivity index is 1.96. The fourth-order valence-electron chi connectivity index (χ4n) is 2.29. The van der Waals surface area contributed by atoms with Gasteiger partial charge in [-0.05, 0) is 31.0 Å². The van der Waals surface area contributed by atoms with Crippen molar-refractivity contribution in [1.29, 1.82) is 0 Å². The van der Waals surface area contributed by atoms with E-state index in [-0.39, 0.29) is 0 Å². The first-order chi connectivity index (χ1) is 8.19. The molecule has 0 bridgehead atoms.